The predicted molar refractivity (Wildman–Crippen MR) is 90.8 cm³/mol. The third-order valence-corrected chi connectivity index (χ3v) is 4.34. The van der Waals surface area contributed by atoms with Gasteiger partial charge >= 0.3 is 0 Å². The van der Waals surface area contributed by atoms with Crippen LogP contribution in [0.4, 0.5) is 5.82 Å². The molecule has 0 saturated carbocycles. The summed E-state index contributed by atoms with van der Waals surface area (Å²) in [6.45, 7) is 10.9. The Morgan fingerprint density at radius 3 is 2.86 bits per heavy atom. The van der Waals surface area contributed by atoms with Crippen LogP contribution in [0.1, 0.15) is 64.0 Å². The summed E-state index contributed by atoms with van der Waals surface area (Å²) in [7, 11) is 0. The van der Waals surface area contributed by atoms with Gasteiger partial charge in [0, 0.05) is 31.4 Å². The predicted octanol–water partition coefficient (Wildman–Crippen LogP) is 4.05. The molecule has 3 heteroatoms. The minimum absolute atomic E-state index is 0.515. The second kappa shape index (κ2) is 7.79. The number of hydrogen-bond donors (Lipinski definition) is 1. The van der Waals surface area contributed by atoms with E-state index in [1.165, 1.54) is 55.6 Å². The van der Waals surface area contributed by atoms with E-state index in [4.69, 9.17) is 4.98 Å². The molecule has 2 heterocycles. The minimum Gasteiger partial charge on any atom is -0.353 e. The van der Waals surface area contributed by atoms with E-state index in [9.17, 15) is 0 Å². The van der Waals surface area contributed by atoms with Crippen LogP contribution in [0.5, 0.6) is 0 Å². The highest BCUT2D eigenvalue weighted by Crippen LogP contribution is 2.28. The van der Waals surface area contributed by atoms with Crippen molar-refractivity contribution in [2.45, 2.75) is 78.4 Å². The zero-order valence-corrected chi connectivity index (χ0v) is 14.2. The summed E-state index contributed by atoms with van der Waals surface area (Å²) < 4.78 is 0. The molecule has 2 rings (SSSR count). The summed E-state index contributed by atoms with van der Waals surface area (Å²) in [5.74, 6) is 1.21. The van der Waals surface area contributed by atoms with Crippen LogP contribution >= 0.6 is 0 Å². The van der Waals surface area contributed by atoms with Gasteiger partial charge in [0.25, 0.3) is 0 Å². The Hall–Kier alpha value is -1.09. The fourth-order valence-corrected chi connectivity index (χ4v) is 3.26. The zero-order chi connectivity index (χ0) is 15.2. The molecule has 1 aliphatic heterocycles. The number of pyridine rings is 1. The molecule has 1 N–H and O–H groups in total. The van der Waals surface area contributed by atoms with E-state index in [0.29, 0.717) is 12.1 Å². The molecule has 1 saturated heterocycles. The van der Waals surface area contributed by atoms with Crippen LogP contribution in [-0.4, -0.2) is 23.6 Å². The van der Waals surface area contributed by atoms with Gasteiger partial charge in [-0.25, -0.2) is 4.98 Å². The van der Waals surface area contributed by atoms with Crippen LogP contribution in [0, 0.1) is 6.92 Å². The van der Waals surface area contributed by atoms with Crippen LogP contribution < -0.4 is 10.2 Å². The summed E-state index contributed by atoms with van der Waals surface area (Å²) in [5, 5.41) is 3.46. The van der Waals surface area contributed by atoms with Crippen molar-refractivity contribution in [3.05, 3.63) is 23.4 Å². The summed E-state index contributed by atoms with van der Waals surface area (Å²) >= 11 is 0. The maximum Gasteiger partial charge on any atom is 0.131 e. The van der Waals surface area contributed by atoms with Gasteiger partial charge in [0.15, 0.2) is 0 Å². The van der Waals surface area contributed by atoms with E-state index in [-0.39, 0.29) is 0 Å². The first kappa shape index (κ1) is 16.3. The first-order valence-electron chi connectivity index (χ1n) is 8.57. The lowest BCUT2D eigenvalue weighted by atomic mass is 9.97. The number of nitrogens with zero attached hydrogens (tertiary/aromatic N) is 2. The van der Waals surface area contributed by atoms with Gasteiger partial charge in [-0.1, -0.05) is 27.2 Å². The molecule has 1 aliphatic rings. The van der Waals surface area contributed by atoms with Crippen molar-refractivity contribution in [2.75, 3.05) is 11.4 Å². The summed E-state index contributed by atoms with van der Waals surface area (Å²) in [6, 6.07) is 3.51. The molecule has 0 bridgehead atoms. The van der Waals surface area contributed by atoms with Crippen molar-refractivity contribution in [1.82, 2.24) is 10.3 Å². The van der Waals surface area contributed by atoms with Crippen molar-refractivity contribution < 1.29 is 0 Å². The van der Waals surface area contributed by atoms with Crippen molar-refractivity contribution in [3.63, 3.8) is 0 Å². The van der Waals surface area contributed by atoms with E-state index >= 15 is 0 Å². The van der Waals surface area contributed by atoms with Crippen molar-refractivity contribution in [3.8, 4) is 0 Å². The number of aromatic nitrogens is 1. The lowest BCUT2D eigenvalue weighted by molar-refractivity contribution is 0.431. The molecule has 21 heavy (non-hydrogen) atoms. The van der Waals surface area contributed by atoms with Crippen LogP contribution in [0.15, 0.2) is 12.3 Å². The highest BCUT2D eigenvalue weighted by Gasteiger charge is 2.23. The second-order valence-electron chi connectivity index (χ2n) is 6.65. The monoisotopic (exact) mass is 289 g/mol. The van der Waals surface area contributed by atoms with E-state index in [0.717, 1.165) is 6.54 Å². The Balaban J connectivity index is 2.11. The fourth-order valence-electron chi connectivity index (χ4n) is 3.26. The fraction of sp³-hybridized carbons (Fsp3) is 0.722. The van der Waals surface area contributed by atoms with Gasteiger partial charge in [-0.2, -0.15) is 0 Å². The molecule has 0 amide bonds. The van der Waals surface area contributed by atoms with Crippen LogP contribution in [0.3, 0.4) is 0 Å². The van der Waals surface area contributed by atoms with Gasteiger partial charge in [0.2, 0.25) is 0 Å². The molecular weight excluding hydrogens is 258 g/mol. The lowest BCUT2D eigenvalue weighted by Gasteiger charge is -2.37. The first-order valence-corrected chi connectivity index (χ1v) is 8.57. The second-order valence-corrected chi connectivity index (χ2v) is 6.65. The molecule has 0 aromatic carbocycles. The Labute approximate surface area is 130 Å². The third-order valence-electron chi connectivity index (χ3n) is 4.34. The molecular formula is C18H31N3. The largest absolute Gasteiger partial charge is 0.353 e. The van der Waals surface area contributed by atoms with E-state index in [1.807, 2.05) is 0 Å². The van der Waals surface area contributed by atoms with Crippen molar-refractivity contribution >= 4 is 5.82 Å². The number of nitrogens with one attached hydrogen (secondary N) is 1. The van der Waals surface area contributed by atoms with Gasteiger partial charge < -0.3 is 10.2 Å². The Kier molecular flexibility index (Phi) is 6.04. The number of piperidine rings is 1. The highest BCUT2D eigenvalue weighted by molar-refractivity contribution is 5.48. The molecule has 1 aromatic rings. The van der Waals surface area contributed by atoms with Gasteiger partial charge in [0.05, 0.1) is 0 Å². The number of anilines is 1. The quantitative estimate of drug-likeness (QED) is 0.856. The third kappa shape index (κ3) is 4.44. The SMILES string of the molecule is CCCC1CCCCN1c1ncc(CNC(C)C)cc1C. The summed E-state index contributed by atoms with van der Waals surface area (Å²) in [6.07, 6.45) is 8.60. The highest BCUT2D eigenvalue weighted by atomic mass is 15.2. The Bertz CT molecular complexity index is 440. The maximum absolute atomic E-state index is 4.80. The average Bonchev–Trinajstić information content (AvgIpc) is 2.46. The zero-order valence-electron chi connectivity index (χ0n) is 14.2. The van der Waals surface area contributed by atoms with E-state index in [1.54, 1.807) is 0 Å². The van der Waals surface area contributed by atoms with Crippen molar-refractivity contribution in [1.29, 1.82) is 0 Å². The Morgan fingerprint density at radius 2 is 2.19 bits per heavy atom. The van der Waals surface area contributed by atoms with Gasteiger partial charge in [-0.15, -0.1) is 0 Å². The number of hydrogen-bond acceptors (Lipinski definition) is 3. The molecule has 0 radical (unpaired) electrons. The first-order chi connectivity index (χ1) is 10.1. The summed E-state index contributed by atoms with van der Waals surface area (Å²) in [5.41, 5.74) is 2.61. The van der Waals surface area contributed by atoms with Crippen molar-refractivity contribution in [2.24, 2.45) is 0 Å². The molecule has 3 nitrogen and oxygen atoms in total. The van der Waals surface area contributed by atoms with Crippen LogP contribution in [0.25, 0.3) is 0 Å². The molecule has 1 atom stereocenters. The summed E-state index contributed by atoms with van der Waals surface area (Å²) in [4.78, 5) is 7.36. The van der Waals surface area contributed by atoms with Gasteiger partial charge in [-0.05, 0) is 49.8 Å². The van der Waals surface area contributed by atoms with Crippen LogP contribution in [-0.2, 0) is 6.54 Å². The van der Waals surface area contributed by atoms with E-state index in [2.05, 4.69) is 50.2 Å². The molecule has 0 aliphatic carbocycles. The molecule has 1 aromatic heterocycles. The maximum atomic E-state index is 4.80. The topological polar surface area (TPSA) is 28.2 Å². The average molecular weight is 289 g/mol. The van der Waals surface area contributed by atoms with E-state index < -0.39 is 0 Å². The van der Waals surface area contributed by atoms with Gasteiger partial charge in [0.1, 0.15) is 5.82 Å². The van der Waals surface area contributed by atoms with Crippen LogP contribution in [0.2, 0.25) is 0 Å². The molecule has 1 fully saturated rings. The number of rotatable bonds is 6. The molecule has 1 unspecified atom stereocenters. The normalized spacial score (nSPS) is 19.3. The Morgan fingerprint density at radius 1 is 1.38 bits per heavy atom. The standard InChI is InChI=1S/C18H31N3/c1-5-8-17-9-6-7-10-21(17)18-15(4)11-16(13-20-18)12-19-14(2)3/h11,13-14,17,19H,5-10,12H2,1-4H3. The number of aryl methyl sites for hydroxylation is 1. The smallest absolute Gasteiger partial charge is 0.131 e. The molecule has 0 spiro atoms. The minimum atomic E-state index is 0.515. The molecule has 118 valence electrons. The van der Waals surface area contributed by atoms with Gasteiger partial charge in [-0.3, -0.25) is 0 Å². The lowest BCUT2D eigenvalue weighted by Crippen LogP contribution is -2.40.